The van der Waals surface area contributed by atoms with Gasteiger partial charge in [-0.2, -0.15) is 0 Å². The molecule has 0 bridgehead atoms. The third-order valence-corrected chi connectivity index (χ3v) is 2.79. The molecule has 4 heteroatoms. The first-order chi connectivity index (χ1) is 6.77. The first kappa shape index (κ1) is 9.80. The number of hydrogen-bond acceptors (Lipinski definition) is 3. The fourth-order valence-electron chi connectivity index (χ4n) is 1.52. The number of ketones is 1. The summed E-state index contributed by atoms with van der Waals surface area (Å²) in [5, 5.41) is 0. The second kappa shape index (κ2) is 4.19. The van der Waals surface area contributed by atoms with Crippen molar-refractivity contribution in [2.75, 3.05) is 13.2 Å². The summed E-state index contributed by atoms with van der Waals surface area (Å²) in [6.07, 6.45) is 2.24. The number of aromatic nitrogens is 1. The van der Waals surface area contributed by atoms with Gasteiger partial charge in [-0.15, -0.1) is 0 Å². The Kier molecular flexibility index (Phi) is 2.93. The van der Waals surface area contributed by atoms with Gasteiger partial charge in [0, 0.05) is 12.6 Å². The fourth-order valence-corrected chi connectivity index (χ4v) is 1.75. The lowest BCUT2D eigenvalue weighted by Gasteiger charge is -2.20. The maximum absolute atomic E-state index is 11.6. The molecule has 1 aliphatic rings. The summed E-state index contributed by atoms with van der Waals surface area (Å²) in [7, 11) is 0. The van der Waals surface area contributed by atoms with Gasteiger partial charge in [0.2, 0.25) is 0 Å². The van der Waals surface area contributed by atoms with E-state index in [2.05, 4.69) is 20.9 Å². The van der Waals surface area contributed by atoms with E-state index in [1.807, 2.05) is 12.1 Å². The van der Waals surface area contributed by atoms with Crippen LogP contribution in [0.5, 0.6) is 0 Å². The van der Waals surface area contributed by atoms with Crippen molar-refractivity contribution in [3.8, 4) is 0 Å². The van der Waals surface area contributed by atoms with Crippen LogP contribution in [0.25, 0.3) is 0 Å². The van der Waals surface area contributed by atoms with Crippen LogP contribution in [-0.2, 0) is 9.53 Å². The Labute approximate surface area is 90.6 Å². The number of carbonyl (C=O) groups is 1. The molecule has 2 rings (SSSR count). The molecule has 1 aliphatic heterocycles. The Morgan fingerprint density at radius 3 is 3.00 bits per heavy atom. The molecular weight excluding hydrogens is 246 g/mol. The van der Waals surface area contributed by atoms with E-state index in [1.165, 1.54) is 0 Å². The van der Waals surface area contributed by atoms with Crippen LogP contribution in [0.15, 0.2) is 22.9 Å². The molecule has 0 saturated carbocycles. The van der Waals surface area contributed by atoms with Gasteiger partial charge in [0.1, 0.15) is 10.4 Å². The highest BCUT2D eigenvalue weighted by Crippen LogP contribution is 2.22. The molecule has 1 atom stereocenters. The van der Waals surface area contributed by atoms with Crippen LogP contribution in [-0.4, -0.2) is 24.0 Å². The average molecular weight is 256 g/mol. The van der Waals surface area contributed by atoms with E-state index in [0.717, 1.165) is 10.2 Å². The highest BCUT2D eigenvalue weighted by atomic mass is 79.9. The molecule has 0 radical (unpaired) electrons. The van der Waals surface area contributed by atoms with Crippen LogP contribution in [0.4, 0.5) is 0 Å². The van der Waals surface area contributed by atoms with Gasteiger partial charge in [-0.05, 0) is 27.6 Å². The Morgan fingerprint density at radius 1 is 1.50 bits per heavy atom. The summed E-state index contributed by atoms with van der Waals surface area (Å²) in [6.45, 7) is 1.04. The molecule has 0 amide bonds. The van der Waals surface area contributed by atoms with Crippen LogP contribution >= 0.6 is 15.9 Å². The molecule has 1 saturated heterocycles. The Bertz CT molecular complexity index is 336. The Balaban J connectivity index is 2.20. The number of carbonyl (C=O) groups excluding carboxylic acids is 1. The van der Waals surface area contributed by atoms with E-state index in [4.69, 9.17) is 4.74 Å². The van der Waals surface area contributed by atoms with E-state index >= 15 is 0 Å². The highest BCUT2D eigenvalue weighted by molar-refractivity contribution is 9.10. The van der Waals surface area contributed by atoms with Crippen molar-refractivity contribution in [1.29, 1.82) is 0 Å². The van der Waals surface area contributed by atoms with Gasteiger partial charge in [-0.1, -0.05) is 6.07 Å². The Morgan fingerprint density at radius 2 is 2.36 bits per heavy atom. The van der Waals surface area contributed by atoms with Gasteiger partial charge in [0.25, 0.3) is 0 Å². The molecule has 1 fully saturated rings. The van der Waals surface area contributed by atoms with Crippen molar-refractivity contribution >= 4 is 21.7 Å². The van der Waals surface area contributed by atoms with E-state index in [0.29, 0.717) is 19.6 Å². The summed E-state index contributed by atoms with van der Waals surface area (Å²) >= 11 is 3.26. The summed E-state index contributed by atoms with van der Waals surface area (Å²) in [6, 6.07) is 3.76. The van der Waals surface area contributed by atoms with E-state index in [9.17, 15) is 4.79 Å². The number of rotatable bonds is 1. The molecule has 0 aliphatic carbocycles. The van der Waals surface area contributed by atoms with Crippen molar-refractivity contribution in [2.24, 2.45) is 0 Å². The zero-order chi connectivity index (χ0) is 9.97. The normalized spacial score (nSPS) is 22.4. The lowest BCUT2D eigenvalue weighted by Crippen LogP contribution is -2.25. The van der Waals surface area contributed by atoms with Crippen LogP contribution in [0, 0.1) is 0 Å². The van der Waals surface area contributed by atoms with Gasteiger partial charge in [0.05, 0.1) is 19.1 Å². The van der Waals surface area contributed by atoms with Crippen LogP contribution in [0.3, 0.4) is 0 Å². The fraction of sp³-hybridized carbons (Fsp3) is 0.400. The molecule has 14 heavy (non-hydrogen) atoms. The van der Waals surface area contributed by atoms with Crippen molar-refractivity contribution < 1.29 is 9.53 Å². The van der Waals surface area contributed by atoms with E-state index in [-0.39, 0.29) is 11.7 Å². The topological polar surface area (TPSA) is 39.2 Å². The number of nitrogens with zero attached hydrogens (tertiary/aromatic N) is 1. The minimum absolute atomic E-state index is 0.121. The third kappa shape index (κ3) is 2.01. The summed E-state index contributed by atoms with van der Waals surface area (Å²) in [4.78, 5) is 15.7. The number of Topliss-reactive ketones (excluding diaryl/α,β-unsaturated/α-hetero) is 1. The smallest absolute Gasteiger partial charge is 0.145 e. The van der Waals surface area contributed by atoms with Gasteiger partial charge >= 0.3 is 0 Å². The van der Waals surface area contributed by atoms with Crippen molar-refractivity contribution in [2.45, 2.75) is 12.3 Å². The molecular formula is C10H10BrNO2. The molecule has 0 N–H and O–H groups in total. The first-order valence-corrected chi connectivity index (χ1v) is 5.28. The van der Waals surface area contributed by atoms with Crippen LogP contribution in [0.2, 0.25) is 0 Å². The second-order valence-corrected chi connectivity index (χ2v) is 4.07. The molecule has 3 nitrogen and oxygen atoms in total. The molecule has 1 unspecified atom stereocenters. The summed E-state index contributed by atoms with van der Waals surface area (Å²) in [5.74, 6) is 0.129. The molecule has 1 aromatic heterocycles. The molecule has 0 aromatic carbocycles. The maximum atomic E-state index is 11.6. The van der Waals surface area contributed by atoms with Gasteiger partial charge in [-0.25, -0.2) is 4.98 Å². The zero-order valence-corrected chi connectivity index (χ0v) is 9.16. The maximum Gasteiger partial charge on any atom is 0.145 e. The van der Waals surface area contributed by atoms with E-state index in [1.54, 1.807) is 6.20 Å². The molecule has 1 aromatic rings. The summed E-state index contributed by atoms with van der Waals surface area (Å²) in [5.41, 5.74) is 0.943. The Hall–Kier alpha value is -0.740. The third-order valence-electron chi connectivity index (χ3n) is 2.32. The summed E-state index contributed by atoms with van der Waals surface area (Å²) < 4.78 is 6.06. The minimum Gasteiger partial charge on any atom is -0.380 e. The highest BCUT2D eigenvalue weighted by Gasteiger charge is 2.24. The lowest BCUT2D eigenvalue weighted by atomic mass is 9.94. The SMILES string of the molecule is O=C1CCOCC1c1ccc(Br)nc1. The molecule has 0 spiro atoms. The van der Waals surface area contributed by atoms with Crippen molar-refractivity contribution in [3.05, 3.63) is 28.5 Å². The van der Waals surface area contributed by atoms with Crippen molar-refractivity contribution in [1.82, 2.24) is 4.98 Å². The minimum atomic E-state index is -0.121. The lowest BCUT2D eigenvalue weighted by molar-refractivity contribution is -0.126. The predicted octanol–water partition coefficient (Wildman–Crippen LogP) is 1.92. The molecule has 74 valence electrons. The van der Waals surface area contributed by atoms with E-state index < -0.39 is 0 Å². The number of pyridine rings is 1. The standard InChI is InChI=1S/C10H10BrNO2/c11-10-2-1-7(5-12-10)8-6-14-4-3-9(8)13/h1-2,5,8H,3-4,6H2. The predicted molar refractivity (Wildman–Crippen MR) is 55.1 cm³/mol. The van der Waals surface area contributed by atoms with Gasteiger partial charge < -0.3 is 4.74 Å². The zero-order valence-electron chi connectivity index (χ0n) is 7.57. The number of hydrogen-bond donors (Lipinski definition) is 0. The van der Waals surface area contributed by atoms with Crippen LogP contribution < -0.4 is 0 Å². The first-order valence-electron chi connectivity index (χ1n) is 4.49. The van der Waals surface area contributed by atoms with Crippen LogP contribution in [0.1, 0.15) is 17.9 Å². The quantitative estimate of drug-likeness (QED) is 0.720. The average Bonchev–Trinajstić information content (AvgIpc) is 2.20. The number of halogens is 1. The van der Waals surface area contributed by atoms with Gasteiger partial charge in [-0.3, -0.25) is 4.79 Å². The number of ether oxygens (including phenoxy) is 1. The largest absolute Gasteiger partial charge is 0.380 e. The second-order valence-electron chi connectivity index (χ2n) is 3.26. The monoisotopic (exact) mass is 255 g/mol. The van der Waals surface area contributed by atoms with Gasteiger partial charge in [0.15, 0.2) is 0 Å². The molecule has 2 heterocycles. The van der Waals surface area contributed by atoms with Crippen molar-refractivity contribution in [3.63, 3.8) is 0 Å².